The molecule has 1 fully saturated rings. The lowest BCUT2D eigenvalue weighted by Gasteiger charge is -2.23. The summed E-state index contributed by atoms with van der Waals surface area (Å²) in [5, 5.41) is 8.64. The number of hydrogen-bond donors (Lipinski definition) is 3. The van der Waals surface area contributed by atoms with Crippen LogP contribution in [-0.2, 0) is 0 Å². The molecule has 2 aromatic carbocycles. The number of carbonyl (C=O) groups is 2. The van der Waals surface area contributed by atoms with Gasteiger partial charge in [0.25, 0.3) is 5.91 Å². The molecule has 7 heteroatoms. The number of nitrogens with zero attached hydrogens (tertiary/aromatic N) is 1. The highest BCUT2D eigenvalue weighted by Gasteiger charge is 2.21. The molecule has 2 aromatic rings. The summed E-state index contributed by atoms with van der Waals surface area (Å²) in [7, 11) is 1.58. The fourth-order valence-electron chi connectivity index (χ4n) is 3.43. The highest BCUT2D eigenvalue weighted by molar-refractivity contribution is 6.04. The Morgan fingerprint density at radius 1 is 1.07 bits per heavy atom. The Labute approximate surface area is 177 Å². The number of methoxy groups -OCH3 is 1. The van der Waals surface area contributed by atoms with Crippen molar-refractivity contribution in [1.29, 1.82) is 0 Å². The van der Waals surface area contributed by atoms with Crippen molar-refractivity contribution in [2.24, 2.45) is 0 Å². The van der Waals surface area contributed by atoms with Gasteiger partial charge < -0.3 is 25.6 Å². The molecule has 1 saturated heterocycles. The number of rotatable bonds is 7. The third-order valence-electron chi connectivity index (χ3n) is 5.26. The van der Waals surface area contributed by atoms with E-state index in [9.17, 15) is 9.59 Å². The maximum atomic E-state index is 12.9. The van der Waals surface area contributed by atoms with Gasteiger partial charge in [0, 0.05) is 42.3 Å². The van der Waals surface area contributed by atoms with E-state index in [1.165, 1.54) is 0 Å². The molecule has 0 spiro atoms. The SMILES string of the molecule is CC[C@H](C)NC(=O)c1cc(NC(=O)Nc2cccc(OC)c2)ccc1N1CCCC1. The van der Waals surface area contributed by atoms with E-state index in [0.29, 0.717) is 22.7 Å². The van der Waals surface area contributed by atoms with Gasteiger partial charge in [-0.25, -0.2) is 4.79 Å². The zero-order valence-corrected chi connectivity index (χ0v) is 17.8. The first-order valence-corrected chi connectivity index (χ1v) is 10.4. The third-order valence-corrected chi connectivity index (χ3v) is 5.26. The molecule has 0 bridgehead atoms. The number of benzene rings is 2. The smallest absolute Gasteiger partial charge is 0.323 e. The van der Waals surface area contributed by atoms with E-state index in [2.05, 4.69) is 20.9 Å². The summed E-state index contributed by atoms with van der Waals surface area (Å²) >= 11 is 0. The molecule has 0 unspecified atom stereocenters. The van der Waals surface area contributed by atoms with E-state index < -0.39 is 0 Å². The van der Waals surface area contributed by atoms with Gasteiger partial charge in [-0.2, -0.15) is 0 Å². The highest BCUT2D eigenvalue weighted by Crippen LogP contribution is 2.28. The van der Waals surface area contributed by atoms with Gasteiger partial charge in [0.1, 0.15) is 5.75 Å². The van der Waals surface area contributed by atoms with Crippen LogP contribution in [0.1, 0.15) is 43.5 Å². The Hall–Kier alpha value is -3.22. The standard InChI is InChI=1S/C23H30N4O3/c1-4-16(2)24-22(28)20-15-18(10-11-21(20)27-12-5-6-13-27)26-23(29)25-17-8-7-9-19(14-17)30-3/h7-11,14-16H,4-6,12-13H2,1-3H3,(H,24,28)(H2,25,26,29)/t16-/m0/s1. The fraction of sp³-hybridized carbons (Fsp3) is 0.391. The van der Waals surface area contributed by atoms with Crippen LogP contribution in [0.15, 0.2) is 42.5 Å². The maximum absolute atomic E-state index is 12.9. The average Bonchev–Trinajstić information content (AvgIpc) is 3.28. The van der Waals surface area contributed by atoms with Gasteiger partial charge in [-0.1, -0.05) is 13.0 Å². The maximum Gasteiger partial charge on any atom is 0.323 e. The molecule has 1 aliphatic heterocycles. The molecule has 0 radical (unpaired) electrons. The molecule has 1 aliphatic rings. The predicted octanol–water partition coefficient (Wildman–Crippen LogP) is 4.47. The van der Waals surface area contributed by atoms with Gasteiger partial charge in [0.15, 0.2) is 0 Å². The summed E-state index contributed by atoms with van der Waals surface area (Å²) in [5.74, 6) is 0.537. The zero-order valence-electron chi connectivity index (χ0n) is 17.8. The lowest BCUT2D eigenvalue weighted by molar-refractivity contribution is 0.0939. The summed E-state index contributed by atoms with van der Waals surface area (Å²) < 4.78 is 5.18. The minimum atomic E-state index is -0.384. The topological polar surface area (TPSA) is 82.7 Å². The summed E-state index contributed by atoms with van der Waals surface area (Å²) in [5.41, 5.74) is 2.67. The molecule has 1 atom stereocenters. The van der Waals surface area contributed by atoms with Crippen molar-refractivity contribution in [3.63, 3.8) is 0 Å². The lowest BCUT2D eigenvalue weighted by atomic mass is 10.1. The zero-order chi connectivity index (χ0) is 21.5. The Kier molecular flexibility index (Phi) is 7.17. The van der Waals surface area contributed by atoms with E-state index >= 15 is 0 Å². The highest BCUT2D eigenvalue weighted by atomic mass is 16.5. The fourth-order valence-corrected chi connectivity index (χ4v) is 3.43. The van der Waals surface area contributed by atoms with Crippen molar-refractivity contribution < 1.29 is 14.3 Å². The lowest BCUT2D eigenvalue weighted by Crippen LogP contribution is -2.33. The van der Waals surface area contributed by atoms with Crippen LogP contribution in [0.3, 0.4) is 0 Å². The second-order valence-electron chi connectivity index (χ2n) is 7.52. The van der Waals surface area contributed by atoms with Crippen LogP contribution in [0.2, 0.25) is 0 Å². The number of amides is 3. The Bertz CT molecular complexity index is 894. The van der Waals surface area contributed by atoms with Crippen molar-refractivity contribution in [1.82, 2.24) is 5.32 Å². The minimum absolute atomic E-state index is 0.0805. The molecule has 160 valence electrons. The van der Waals surface area contributed by atoms with Crippen LogP contribution in [0.25, 0.3) is 0 Å². The first kappa shape index (κ1) is 21.5. The van der Waals surface area contributed by atoms with Crippen molar-refractivity contribution in [2.75, 3.05) is 35.7 Å². The first-order chi connectivity index (χ1) is 14.5. The molecule has 0 aliphatic carbocycles. The van der Waals surface area contributed by atoms with Crippen molar-refractivity contribution in [3.8, 4) is 5.75 Å². The van der Waals surface area contributed by atoms with Crippen LogP contribution in [0, 0.1) is 0 Å². The Morgan fingerprint density at radius 3 is 2.43 bits per heavy atom. The number of urea groups is 1. The van der Waals surface area contributed by atoms with Crippen LogP contribution in [-0.4, -0.2) is 38.2 Å². The van der Waals surface area contributed by atoms with E-state index in [0.717, 1.165) is 38.0 Å². The minimum Gasteiger partial charge on any atom is -0.497 e. The molecule has 7 nitrogen and oxygen atoms in total. The molecule has 3 amide bonds. The van der Waals surface area contributed by atoms with Crippen LogP contribution in [0.4, 0.5) is 21.9 Å². The molecule has 0 aromatic heterocycles. The number of anilines is 3. The molecule has 30 heavy (non-hydrogen) atoms. The molecule has 3 rings (SSSR count). The Balaban J connectivity index is 1.78. The Morgan fingerprint density at radius 2 is 1.77 bits per heavy atom. The van der Waals surface area contributed by atoms with Gasteiger partial charge in [0.05, 0.1) is 12.7 Å². The van der Waals surface area contributed by atoms with Gasteiger partial charge in [-0.15, -0.1) is 0 Å². The third kappa shape index (κ3) is 5.43. The summed E-state index contributed by atoms with van der Waals surface area (Å²) in [6.45, 7) is 5.89. The van der Waals surface area contributed by atoms with Crippen molar-refractivity contribution in [3.05, 3.63) is 48.0 Å². The van der Waals surface area contributed by atoms with E-state index in [1.807, 2.05) is 32.0 Å². The second kappa shape index (κ2) is 10.0. The van der Waals surface area contributed by atoms with E-state index in [1.54, 1.807) is 31.4 Å². The molecular formula is C23H30N4O3. The normalized spacial score (nSPS) is 14.2. The van der Waals surface area contributed by atoms with Gasteiger partial charge in [-0.05, 0) is 56.5 Å². The first-order valence-electron chi connectivity index (χ1n) is 10.4. The predicted molar refractivity (Wildman–Crippen MR) is 121 cm³/mol. The van der Waals surface area contributed by atoms with Gasteiger partial charge in [-0.3, -0.25) is 4.79 Å². The van der Waals surface area contributed by atoms with Crippen LogP contribution < -0.4 is 25.6 Å². The summed E-state index contributed by atoms with van der Waals surface area (Å²) in [6.07, 6.45) is 3.09. The van der Waals surface area contributed by atoms with E-state index in [4.69, 9.17) is 4.74 Å². The van der Waals surface area contributed by atoms with Crippen molar-refractivity contribution in [2.45, 2.75) is 39.2 Å². The molecule has 1 heterocycles. The molecule has 3 N–H and O–H groups in total. The average molecular weight is 411 g/mol. The number of carbonyl (C=O) groups excluding carboxylic acids is 2. The summed E-state index contributed by atoms with van der Waals surface area (Å²) in [4.78, 5) is 27.6. The van der Waals surface area contributed by atoms with Gasteiger partial charge in [0.2, 0.25) is 0 Å². The molecule has 0 saturated carbocycles. The largest absolute Gasteiger partial charge is 0.497 e. The molecular weight excluding hydrogens is 380 g/mol. The van der Waals surface area contributed by atoms with Crippen LogP contribution >= 0.6 is 0 Å². The van der Waals surface area contributed by atoms with Crippen molar-refractivity contribution >= 4 is 29.0 Å². The van der Waals surface area contributed by atoms with Gasteiger partial charge >= 0.3 is 6.03 Å². The number of ether oxygens (including phenoxy) is 1. The second-order valence-corrected chi connectivity index (χ2v) is 7.52. The number of nitrogens with one attached hydrogen (secondary N) is 3. The quantitative estimate of drug-likeness (QED) is 0.629. The van der Waals surface area contributed by atoms with E-state index in [-0.39, 0.29) is 18.0 Å². The van der Waals surface area contributed by atoms with Crippen LogP contribution in [0.5, 0.6) is 5.75 Å². The monoisotopic (exact) mass is 410 g/mol. The number of hydrogen-bond acceptors (Lipinski definition) is 4. The summed E-state index contributed by atoms with van der Waals surface area (Å²) in [6, 6.07) is 12.3.